The van der Waals surface area contributed by atoms with Gasteiger partial charge in [-0.2, -0.15) is 0 Å². The second-order valence-corrected chi connectivity index (χ2v) is 28.6. The van der Waals surface area contributed by atoms with Crippen LogP contribution in [0.1, 0.15) is 38.5 Å². The first-order chi connectivity index (χ1) is 10.8. The summed E-state index contributed by atoms with van der Waals surface area (Å²) in [5.41, 5.74) is 3.85. The molecule has 0 aromatic carbocycles. The summed E-state index contributed by atoms with van der Waals surface area (Å²) in [5, 5.41) is 0. The summed E-state index contributed by atoms with van der Waals surface area (Å²) in [6, 6.07) is 0. The molecule has 4 unspecified atom stereocenters. The van der Waals surface area contributed by atoms with Crippen molar-refractivity contribution in [2.24, 2.45) is 11.8 Å². The predicted molar refractivity (Wildman–Crippen MR) is 95.5 cm³/mol. The van der Waals surface area contributed by atoms with Gasteiger partial charge in [0.05, 0.1) is 0 Å². The van der Waals surface area contributed by atoms with Gasteiger partial charge in [-0.05, 0) is 0 Å². The first-order valence-electron chi connectivity index (χ1n) is 9.35. The molecule has 0 bridgehead atoms. The molecule has 0 amide bonds. The van der Waals surface area contributed by atoms with Crippen molar-refractivity contribution in [3.8, 4) is 0 Å². The monoisotopic (exact) mass is 425 g/mol. The molecule has 0 N–H and O–H groups in total. The zero-order valence-corrected chi connectivity index (χ0v) is 18.5. The van der Waals surface area contributed by atoms with E-state index >= 15 is 0 Å². The zero-order chi connectivity index (χ0) is 15.1. The van der Waals surface area contributed by atoms with Crippen LogP contribution in [0.4, 0.5) is 0 Å². The van der Waals surface area contributed by atoms with Crippen LogP contribution in [0.5, 0.6) is 0 Å². The molecule has 0 radical (unpaired) electrons. The fourth-order valence-corrected chi connectivity index (χ4v) is 30.5. The molecule has 0 heterocycles. The average molecular weight is 427 g/mol. The third kappa shape index (κ3) is 3.56. The van der Waals surface area contributed by atoms with Crippen LogP contribution in [0.2, 0.25) is 20.3 Å². The molecule has 2 fully saturated rings. The normalized spacial score (nSPS) is 33.1. The Labute approximate surface area is 154 Å². The summed E-state index contributed by atoms with van der Waals surface area (Å²) in [7, 11) is 0. The molecule has 0 aliphatic heterocycles. The van der Waals surface area contributed by atoms with Gasteiger partial charge >= 0.3 is 145 Å². The maximum atomic E-state index is 2.70. The predicted octanol–water partition coefficient (Wildman–Crippen LogP) is -0.234. The maximum Gasteiger partial charge on any atom is -1.00 e. The van der Waals surface area contributed by atoms with Crippen LogP contribution in [0, 0.1) is 11.8 Å². The van der Waals surface area contributed by atoms with Gasteiger partial charge in [0.2, 0.25) is 0 Å². The van der Waals surface area contributed by atoms with Crippen LogP contribution >= 0.6 is 0 Å². The van der Waals surface area contributed by atoms with Gasteiger partial charge in [-0.1, -0.05) is 0 Å². The fraction of sp³-hybridized carbons (Fsp3) is 0.600. The van der Waals surface area contributed by atoms with Gasteiger partial charge in [-0.25, -0.2) is 0 Å². The summed E-state index contributed by atoms with van der Waals surface area (Å²) < 4.78 is 2.22. The topological polar surface area (TPSA) is 0 Å². The molecule has 131 valence electrons. The minimum atomic E-state index is -1.36. The van der Waals surface area contributed by atoms with E-state index in [1.165, 1.54) is 25.7 Å². The van der Waals surface area contributed by atoms with E-state index in [2.05, 4.69) is 49.6 Å². The fourth-order valence-electron chi connectivity index (χ4n) is 5.59. The van der Waals surface area contributed by atoms with Gasteiger partial charge in [0.15, 0.2) is 0 Å². The Morgan fingerprint density at radius 3 is 1.67 bits per heavy atom. The zero-order valence-electron chi connectivity index (χ0n) is 14.8. The number of hydrogen-bond donors (Lipinski definition) is 0. The second-order valence-electron chi connectivity index (χ2n) is 7.97. The Morgan fingerprint density at radius 2 is 1.25 bits per heavy atom. The third-order valence-corrected chi connectivity index (χ3v) is 29.5. The van der Waals surface area contributed by atoms with E-state index < -0.39 is 26.8 Å². The Balaban J connectivity index is 0.00000104. The van der Waals surface area contributed by atoms with Crippen molar-refractivity contribution in [2.45, 2.75) is 58.9 Å². The molecule has 0 aromatic heterocycles. The molecule has 4 aliphatic carbocycles. The van der Waals surface area contributed by atoms with E-state index in [0.29, 0.717) is 0 Å². The van der Waals surface area contributed by atoms with Crippen LogP contribution in [0.3, 0.4) is 0 Å². The molecule has 4 rings (SSSR count). The van der Waals surface area contributed by atoms with Crippen LogP contribution in [0.15, 0.2) is 47.6 Å². The average Bonchev–Trinajstić information content (AvgIpc) is 3.13. The van der Waals surface area contributed by atoms with Gasteiger partial charge in [-0.3, -0.25) is 0 Å². The standard InChI is InChI=1S/2C9H11.C2H7Si.2FH.Zr/c2*1-2-5-9-7-3-6-8(9)4-1;1-3-2;;;/h2*1-2,4,6,9H,3,5,7H2;3H,1-2H3;2*1H;/q;;;;;+2/p-2. The molecule has 0 saturated heterocycles. The van der Waals surface area contributed by atoms with Crippen molar-refractivity contribution >= 4 is 5.92 Å². The van der Waals surface area contributed by atoms with Crippen molar-refractivity contribution in [1.82, 2.24) is 0 Å². The van der Waals surface area contributed by atoms with Crippen molar-refractivity contribution in [2.75, 3.05) is 0 Å². The van der Waals surface area contributed by atoms with E-state index in [4.69, 9.17) is 0 Å². The maximum absolute atomic E-state index is 2.70. The summed E-state index contributed by atoms with van der Waals surface area (Å²) in [6.45, 7) is 5.40. The number of allylic oxidation sites excluding steroid dienone is 8. The molecular formula is C20H29F2SiZr. The molecule has 4 atom stereocenters. The van der Waals surface area contributed by atoms with Gasteiger partial charge in [-0.15, -0.1) is 0 Å². The van der Waals surface area contributed by atoms with Gasteiger partial charge in [0, 0.05) is 0 Å². The molecule has 24 heavy (non-hydrogen) atoms. The SMILES string of the molecule is C[SiH](C)[Zr+2]([CH]1CCC2CC=CC=C21)[CH]1CCC2CC=CC=C21.[F-].[F-]. The number of rotatable bonds is 3. The Bertz CT molecular complexity index is 518. The molecule has 0 nitrogen and oxygen atoms in total. The van der Waals surface area contributed by atoms with Crippen LogP contribution in [0.25, 0.3) is 0 Å². The van der Waals surface area contributed by atoms with Crippen molar-refractivity contribution in [1.29, 1.82) is 0 Å². The van der Waals surface area contributed by atoms with Crippen molar-refractivity contribution < 1.29 is 30.3 Å². The van der Waals surface area contributed by atoms with Crippen LogP contribution in [-0.2, 0) is 20.9 Å². The van der Waals surface area contributed by atoms with E-state index in [9.17, 15) is 0 Å². The summed E-state index contributed by atoms with van der Waals surface area (Å²) in [5.74, 6) is 1.42. The molecule has 4 aliphatic rings. The minimum Gasteiger partial charge on any atom is -1.00 e. The Kier molecular flexibility index (Phi) is 7.20. The largest absolute Gasteiger partial charge is 1.00 e. The third-order valence-electron chi connectivity index (χ3n) is 6.52. The van der Waals surface area contributed by atoms with Crippen LogP contribution in [-0.4, -0.2) is 5.92 Å². The van der Waals surface area contributed by atoms with E-state index in [-0.39, 0.29) is 9.41 Å². The van der Waals surface area contributed by atoms with Gasteiger partial charge < -0.3 is 9.41 Å². The Hall–Kier alpha value is -0.0800. The molecule has 2 saturated carbocycles. The van der Waals surface area contributed by atoms with E-state index in [0.717, 1.165) is 19.1 Å². The molecule has 0 aromatic rings. The summed E-state index contributed by atoms with van der Waals surface area (Å²) in [6.07, 6.45) is 23.5. The van der Waals surface area contributed by atoms with E-state index in [1.807, 2.05) is 11.1 Å². The summed E-state index contributed by atoms with van der Waals surface area (Å²) >= 11 is -1.36. The van der Waals surface area contributed by atoms with E-state index in [1.54, 1.807) is 12.8 Å². The van der Waals surface area contributed by atoms with Crippen LogP contribution < -0.4 is 9.41 Å². The number of fused-ring (bicyclic) bond motifs is 2. The van der Waals surface area contributed by atoms with Gasteiger partial charge in [0.1, 0.15) is 0 Å². The minimum absolute atomic E-state index is 0. The molecular weight excluding hydrogens is 398 g/mol. The second kappa shape index (κ2) is 8.54. The first kappa shape index (κ1) is 20.2. The smallest absolute Gasteiger partial charge is 1.00 e. The number of hydrogen-bond acceptors (Lipinski definition) is 0. The number of halogens is 2. The quantitative estimate of drug-likeness (QED) is 0.547. The Morgan fingerprint density at radius 1 is 0.792 bits per heavy atom. The first-order valence-corrected chi connectivity index (χ1v) is 19.3. The van der Waals surface area contributed by atoms with Crippen molar-refractivity contribution in [3.05, 3.63) is 47.6 Å². The van der Waals surface area contributed by atoms with Crippen molar-refractivity contribution in [3.63, 3.8) is 0 Å². The molecule has 4 heteroatoms. The molecule has 0 spiro atoms. The summed E-state index contributed by atoms with van der Waals surface area (Å²) in [4.78, 5) is 0. The van der Waals surface area contributed by atoms with Gasteiger partial charge in [0.25, 0.3) is 0 Å².